The Morgan fingerprint density at radius 2 is 2.16 bits per heavy atom. The van der Waals surface area contributed by atoms with Gasteiger partial charge in [0.25, 0.3) is 11.6 Å². The second-order valence-electron chi connectivity index (χ2n) is 5.09. The number of amides is 1. The maximum Gasteiger partial charge on any atom is 0.270 e. The van der Waals surface area contributed by atoms with Crippen molar-refractivity contribution in [3.63, 3.8) is 0 Å². The normalized spacial score (nSPS) is 15.8. The average Bonchev–Trinajstić information content (AvgIpc) is 3.16. The molecular formula is C17H12N2O4S2. The van der Waals surface area contributed by atoms with Gasteiger partial charge in [-0.1, -0.05) is 42.2 Å². The first-order valence-corrected chi connectivity index (χ1v) is 8.43. The number of hydrogen-bond donors (Lipinski definition) is 0. The molecule has 1 aromatic carbocycles. The zero-order chi connectivity index (χ0) is 18.0. The summed E-state index contributed by atoms with van der Waals surface area (Å²) in [4.78, 5) is 24.6. The first kappa shape index (κ1) is 17.1. The molecule has 1 fully saturated rings. The second kappa shape index (κ2) is 7.04. The third kappa shape index (κ3) is 3.54. The van der Waals surface area contributed by atoms with Gasteiger partial charge in [0.15, 0.2) is 0 Å². The molecule has 1 aliphatic rings. The van der Waals surface area contributed by atoms with Crippen LogP contribution < -0.4 is 0 Å². The van der Waals surface area contributed by atoms with Gasteiger partial charge in [-0.3, -0.25) is 19.8 Å². The number of thiocarbonyl (C=S) groups is 1. The Morgan fingerprint density at radius 1 is 1.36 bits per heavy atom. The lowest BCUT2D eigenvalue weighted by molar-refractivity contribution is -0.384. The summed E-state index contributed by atoms with van der Waals surface area (Å²) in [6.07, 6.45) is 3.23. The fourth-order valence-electron chi connectivity index (χ4n) is 2.27. The molecule has 126 valence electrons. The molecule has 1 aliphatic heterocycles. The Balaban J connectivity index is 1.86. The van der Waals surface area contributed by atoms with E-state index in [2.05, 4.69) is 6.58 Å². The van der Waals surface area contributed by atoms with Gasteiger partial charge >= 0.3 is 0 Å². The number of furan rings is 1. The summed E-state index contributed by atoms with van der Waals surface area (Å²) in [5.74, 6) is 0.764. The smallest absolute Gasteiger partial charge is 0.270 e. The van der Waals surface area contributed by atoms with Crippen LogP contribution in [0.4, 0.5) is 5.69 Å². The van der Waals surface area contributed by atoms with Gasteiger partial charge in [-0.05, 0) is 12.1 Å². The Bertz CT molecular complexity index is 917. The van der Waals surface area contributed by atoms with Crippen LogP contribution in [0.25, 0.3) is 17.4 Å². The number of carbonyl (C=O) groups is 1. The fourth-order valence-corrected chi connectivity index (χ4v) is 3.53. The minimum atomic E-state index is -0.460. The first-order chi connectivity index (χ1) is 12.0. The number of non-ortho nitro benzene ring substituents is 1. The highest BCUT2D eigenvalue weighted by Crippen LogP contribution is 2.33. The molecule has 2 heterocycles. The summed E-state index contributed by atoms with van der Waals surface area (Å²) in [5.41, 5.74) is 0.578. The minimum Gasteiger partial charge on any atom is -0.457 e. The van der Waals surface area contributed by atoms with E-state index in [0.29, 0.717) is 32.9 Å². The molecule has 25 heavy (non-hydrogen) atoms. The molecule has 0 radical (unpaired) electrons. The molecule has 0 saturated carbocycles. The van der Waals surface area contributed by atoms with Crippen LogP contribution in [0.1, 0.15) is 5.76 Å². The fraction of sp³-hybridized carbons (Fsp3) is 0.0588. The summed E-state index contributed by atoms with van der Waals surface area (Å²) in [6.45, 7) is 3.97. The molecule has 0 unspecified atom stereocenters. The number of benzene rings is 1. The van der Waals surface area contributed by atoms with Crippen LogP contribution in [0.15, 0.2) is 58.4 Å². The van der Waals surface area contributed by atoms with Gasteiger partial charge < -0.3 is 4.42 Å². The van der Waals surface area contributed by atoms with Crippen molar-refractivity contribution < 1.29 is 14.1 Å². The third-order valence-corrected chi connectivity index (χ3v) is 4.80. The molecule has 1 aromatic heterocycles. The summed E-state index contributed by atoms with van der Waals surface area (Å²) in [5, 5.41) is 10.9. The van der Waals surface area contributed by atoms with Crippen LogP contribution in [0, 0.1) is 10.1 Å². The minimum absolute atomic E-state index is 0.0132. The Morgan fingerprint density at radius 3 is 2.88 bits per heavy atom. The van der Waals surface area contributed by atoms with Crippen molar-refractivity contribution in [2.24, 2.45) is 0 Å². The van der Waals surface area contributed by atoms with Crippen molar-refractivity contribution in [1.82, 2.24) is 4.90 Å². The highest BCUT2D eigenvalue weighted by molar-refractivity contribution is 8.26. The lowest BCUT2D eigenvalue weighted by Crippen LogP contribution is -2.27. The molecule has 0 spiro atoms. The summed E-state index contributed by atoms with van der Waals surface area (Å²) < 4.78 is 6.17. The van der Waals surface area contributed by atoms with E-state index < -0.39 is 4.92 Å². The van der Waals surface area contributed by atoms with Crippen LogP contribution in [-0.2, 0) is 4.79 Å². The third-order valence-electron chi connectivity index (χ3n) is 3.43. The van der Waals surface area contributed by atoms with Crippen LogP contribution in [0.5, 0.6) is 0 Å². The van der Waals surface area contributed by atoms with Gasteiger partial charge in [0.2, 0.25) is 0 Å². The maximum absolute atomic E-state index is 12.3. The zero-order valence-corrected chi connectivity index (χ0v) is 14.5. The maximum atomic E-state index is 12.3. The van der Waals surface area contributed by atoms with Crippen LogP contribution in [-0.4, -0.2) is 26.6 Å². The van der Waals surface area contributed by atoms with E-state index in [9.17, 15) is 14.9 Å². The molecule has 0 N–H and O–H groups in total. The van der Waals surface area contributed by atoms with Gasteiger partial charge in [-0.15, -0.1) is 6.58 Å². The van der Waals surface area contributed by atoms with Gasteiger partial charge in [-0.2, -0.15) is 0 Å². The second-order valence-corrected chi connectivity index (χ2v) is 6.77. The monoisotopic (exact) mass is 372 g/mol. The molecular weight excluding hydrogens is 360 g/mol. The van der Waals surface area contributed by atoms with E-state index in [1.807, 2.05) is 0 Å². The van der Waals surface area contributed by atoms with Crippen LogP contribution >= 0.6 is 24.0 Å². The molecule has 6 nitrogen and oxygen atoms in total. The average molecular weight is 372 g/mol. The van der Waals surface area contributed by atoms with Crippen molar-refractivity contribution >= 4 is 46.0 Å². The number of carbonyl (C=O) groups excluding carboxylic acids is 1. The van der Waals surface area contributed by atoms with Gasteiger partial charge in [0.1, 0.15) is 15.8 Å². The van der Waals surface area contributed by atoms with Crippen molar-refractivity contribution in [2.75, 3.05) is 6.54 Å². The quantitative estimate of drug-likeness (QED) is 0.257. The Labute approximate surface area is 153 Å². The summed E-state index contributed by atoms with van der Waals surface area (Å²) >= 11 is 6.38. The van der Waals surface area contributed by atoms with Crippen molar-refractivity contribution in [2.45, 2.75) is 0 Å². The molecule has 3 rings (SSSR count). The molecule has 0 atom stereocenters. The molecule has 1 amide bonds. The topological polar surface area (TPSA) is 76.6 Å². The van der Waals surface area contributed by atoms with E-state index >= 15 is 0 Å². The zero-order valence-electron chi connectivity index (χ0n) is 12.9. The summed E-state index contributed by atoms with van der Waals surface area (Å²) in [7, 11) is 0. The van der Waals surface area contributed by atoms with E-state index in [4.69, 9.17) is 16.6 Å². The number of rotatable bonds is 5. The van der Waals surface area contributed by atoms with Crippen LogP contribution in [0.3, 0.4) is 0 Å². The van der Waals surface area contributed by atoms with Crippen LogP contribution in [0.2, 0.25) is 0 Å². The predicted molar refractivity (Wildman–Crippen MR) is 101 cm³/mol. The number of thioether (sulfide) groups is 1. The van der Waals surface area contributed by atoms with Crippen molar-refractivity contribution in [1.29, 1.82) is 0 Å². The largest absolute Gasteiger partial charge is 0.457 e. The standard InChI is InChI=1S/C17H12N2O4S2/c1-2-8-18-16(20)15(25-17(18)24)10-13-6-7-14(23-13)11-4-3-5-12(9-11)19(21)22/h2-7,9-10H,1,8H2. The number of nitrogens with zero attached hydrogens (tertiary/aromatic N) is 2. The van der Waals surface area contributed by atoms with E-state index in [1.165, 1.54) is 28.8 Å². The predicted octanol–water partition coefficient (Wildman–Crippen LogP) is 4.24. The van der Waals surface area contributed by atoms with Gasteiger partial charge in [0, 0.05) is 30.3 Å². The van der Waals surface area contributed by atoms with E-state index in [-0.39, 0.29) is 11.6 Å². The SMILES string of the molecule is C=CCN1C(=O)C(=Cc2ccc(-c3cccc([N+](=O)[O-])c3)o2)SC1=S. The Kier molecular flexibility index (Phi) is 4.82. The molecule has 8 heteroatoms. The highest BCUT2D eigenvalue weighted by Gasteiger charge is 2.31. The molecule has 0 bridgehead atoms. The van der Waals surface area contributed by atoms with E-state index in [0.717, 1.165) is 0 Å². The van der Waals surface area contributed by atoms with Gasteiger partial charge in [-0.25, -0.2) is 0 Å². The molecule has 0 aliphatic carbocycles. The lowest BCUT2D eigenvalue weighted by atomic mass is 10.1. The van der Waals surface area contributed by atoms with E-state index in [1.54, 1.807) is 36.4 Å². The van der Waals surface area contributed by atoms with Crippen molar-refractivity contribution in [3.05, 3.63) is 69.8 Å². The highest BCUT2D eigenvalue weighted by atomic mass is 32.2. The van der Waals surface area contributed by atoms with Crippen molar-refractivity contribution in [3.8, 4) is 11.3 Å². The number of nitro groups is 1. The van der Waals surface area contributed by atoms with Gasteiger partial charge in [0.05, 0.1) is 9.83 Å². The first-order valence-electron chi connectivity index (χ1n) is 7.20. The Hall–Kier alpha value is -2.71. The number of hydrogen-bond acceptors (Lipinski definition) is 6. The molecule has 2 aromatic rings. The lowest BCUT2D eigenvalue weighted by Gasteiger charge is -2.10. The summed E-state index contributed by atoms with van der Waals surface area (Å²) in [6, 6.07) is 9.57. The molecule has 1 saturated heterocycles. The number of nitro benzene ring substituents is 1.